The van der Waals surface area contributed by atoms with Crippen LogP contribution in [0, 0.1) is 40.4 Å². The molecule has 0 aliphatic heterocycles. The van der Waals surface area contributed by atoms with Gasteiger partial charge < -0.3 is 29.9 Å². The van der Waals surface area contributed by atoms with E-state index in [0.29, 0.717) is 6.42 Å². The number of allylic oxidation sites excluding steroid dienone is 1. The fraction of sp³-hybridized carbons (Fsp3) is 0.818. The average Bonchev–Trinajstić information content (AvgIpc) is 3.23. The van der Waals surface area contributed by atoms with Crippen molar-refractivity contribution >= 4 is 11.9 Å². The summed E-state index contributed by atoms with van der Waals surface area (Å²) in [5.41, 5.74) is -2.18. The normalized spacial score (nSPS) is 42.0. The Morgan fingerprint density at radius 2 is 1.63 bits per heavy atom. The predicted octanol–water partition coefficient (Wildman–Crippen LogP) is 4.08. The average molecular weight is 577 g/mol. The largest absolute Gasteiger partial charge is 0.459 e. The van der Waals surface area contributed by atoms with Gasteiger partial charge in [0.25, 0.3) is 0 Å². The maximum Gasteiger partial charge on any atom is 0.303 e. The molecule has 4 rings (SSSR count). The van der Waals surface area contributed by atoms with Crippen molar-refractivity contribution in [1.29, 1.82) is 0 Å². The zero-order valence-electron chi connectivity index (χ0n) is 25.9. The molecule has 0 aromatic carbocycles. The Bertz CT molecular complexity index is 1070. The summed E-state index contributed by atoms with van der Waals surface area (Å²) in [7, 11) is 0. The number of hydrogen-bond donors (Lipinski definition) is 4. The highest BCUT2D eigenvalue weighted by molar-refractivity contribution is 5.67. The summed E-state index contributed by atoms with van der Waals surface area (Å²) in [6.07, 6.45) is 4.56. The Hall–Kier alpha value is -1.74. The second-order valence-corrected chi connectivity index (χ2v) is 14.5. The van der Waals surface area contributed by atoms with E-state index < -0.39 is 47.6 Å². The number of rotatable bonds is 8. The number of fused-ring (bicyclic) bond motifs is 5. The SMILES string of the molecule is C=C[C@](O)(C[C@@H](O)[C@](C)(O)[C@H]1CC[C@H]2C3=C[C@H](OC(C)=O)[C@H]4[C@@H](OC(C)=O)[C@@H](O)CC[C@]4(C)[C@H]3CC[C@]12C)C(C)C. The van der Waals surface area contributed by atoms with Gasteiger partial charge in [-0.15, -0.1) is 6.58 Å². The summed E-state index contributed by atoms with van der Waals surface area (Å²) in [4.78, 5) is 24.3. The minimum atomic E-state index is -1.44. The lowest BCUT2D eigenvalue weighted by molar-refractivity contribution is -0.196. The van der Waals surface area contributed by atoms with Gasteiger partial charge in [0.15, 0.2) is 0 Å². The van der Waals surface area contributed by atoms with Gasteiger partial charge >= 0.3 is 11.9 Å². The summed E-state index contributed by atoms with van der Waals surface area (Å²) in [6.45, 7) is 16.3. The van der Waals surface area contributed by atoms with Gasteiger partial charge in [-0.3, -0.25) is 9.59 Å². The van der Waals surface area contributed by atoms with E-state index in [9.17, 15) is 30.0 Å². The number of carbonyl (C=O) groups excluding carboxylic acids is 2. The first-order valence-electron chi connectivity index (χ1n) is 15.4. The van der Waals surface area contributed by atoms with E-state index in [4.69, 9.17) is 9.47 Å². The molecule has 8 heteroatoms. The van der Waals surface area contributed by atoms with Gasteiger partial charge in [0, 0.05) is 26.2 Å². The summed E-state index contributed by atoms with van der Waals surface area (Å²) in [5, 5.41) is 45.3. The van der Waals surface area contributed by atoms with E-state index >= 15 is 0 Å². The van der Waals surface area contributed by atoms with E-state index in [1.807, 2.05) is 13.8 Å². The van der Waals surface area contributed by atoms with Crippen molar-refractivity contribution in [1.82, 2.24) is 0 Å². The fourth-order valence-corrected chi connectivity index (χ4v) is 9.51. The van der Waals surface area contributed by atoms with Crippen LogP contribution in [0.1, 0.15) is 93.4 Å². The Balaban J connectivity index is 1.71. The third kappa shape index (κ3) is 5.32. The highest BCUT2D eigenvalue weighted by Gasteiger charge is 2.65. The van der Waals surface area contributed by atoms with Crippen LogP contribution in [0.3, 0.4) is 0 Å². The van der Waals surface area contributed by atoms with Crippen LogP contribution in [0.5, 0.6) is 0 Å². The van der Waals surface area contributed by atoms with Gasteiger partial charge in [-0.05, 0) is 86.0 Å². The van der Waals surface area contributed by atoms with Gasteiger partial charge in [-0.25, -0.2) is 0 Å². The smallest absolute Gasteiger partial charge is 0.303 e. The van der Waals surface area contributed by atoms with Crippen LogP contribution in [0.2, 0.25) is 0 Å². The maximum atomic E-state index is 12.3. The molecule has 0 unspecified atom stereocenters. The second-order valence-electron chi connectivity index (χ2n) is 14.5. The summed E-state index contributed by atoms with van der Waals surface area (Å²) < 4.78 is 11.6. The van der Waals surface area contributed by atoms with Crippen LogP contribution in [-0.4, -0.2) is 68.0 Å². The molecule has 0 radical (unpaired) electrons. The van der Waals surface area contributed by atoms with Gasteiger partial charge in [0.2, 0.25) is 0 Å². The molecule has 4 aliphatic carbocycles. The minimum absolute atomic E-state index is 0.00211. The van der Waals surface area contributed by atoms with E-state index in [0.717, 1.165) is 32.1 Å². The van der Waals surface area contributed by atoms with Gasteiger partial charge in [-0.2, -0.15) is 0 Å². The molecule has 41 heavy (non-hydrogen) atoms. The lowest BCUT2D eigenvalue weighted by Gasteiger charge is -2.60. The van der Waals surface area contributed by atoms with Crippen molar-refractivity contribution in [2.45, 2.75) is 129 Å². The van der Waals surface area contributed by atoms with Crippen LogP contribution >= 0.6 is 0 Å². The molecule has 12 atom stereocenters. The second kappa shape index (κ2) is 11.1. The van der Waals surface area contributed by atoms with Crippen LogP contribution in [-0.2, 0) is 19.1 Å². The van der Waals surface area contributed by atoms with E-state index in [1.54, 1.807) is 6.92 Å². The fourth-order valence-electron chi connectivity index (χ4n) is 9.51. The van der Waals surface area contributed by atoms with Crippen molar-refractivity contribution in [2.24, 2.45) is 40.4 Å². The monoisotopic (exact) mass is 576 g/mol. The number of hydrogen-bond acceptors (Lipinski definition) is 8. The number of ether oxygens (including phenoxy) is 2. The molecule has 4 aliphatic rings. The highest BCUT2D eigenvalue weighted by Crippen LogP contribution is 2.67. The maximum absolute atomic E-state index is 12.3. The van der Waals surface area contributed by atoms with Crippen LogP contribution in [0.15, 0.2) is 24.3 Å². The lowest BCUT2D eigenvalue weighted by Crippen LogP contribution is -2.61. The Kier molecular flexibility index (Phi) is 8.69. The molecule has 0 aromatic heterocycles. The molecule has 3 fully saturated rings. The Morgan fingerprint density at radius 1 is 1.05 bits per heavy atom. The predicted molar refractivity (Wildman–Crippen MR) is 154 cm³/mol. The Labute approximate surface area is 245 Å². The Morgan fingerprint density at radius 3 is 2.20 bits per heavy atom. The van der Waals surface area contributed by atoms with Crippen LogP contribution < -0.4 is 0 Å². The van der Waals surface area contributed by atoms with Gasteiger partial charge in [0.1, 0.15) is 12.2 Å². The molecule has 0 amide bonds. The topological polar surface area (TPSA) is 134 Å². The first-order valence-corrected chi connectivity index (χ1v) is 15.4. The van der Waals surface area contributed by atoms with Gasteiger partial charge in [0.05, 0.1) is 23.4 Å². The third-order valence-corrected chi connectivity index (χ3v) is 12.0. The number of esters is 2. The van der Waals surface area contributed by atoms with Crippen molar-refractivity contribution in [3.8, 4) is 0 Å². The molecular weight excluding hydrogens is 524 g/mol. The minimum Gasteiger partial charge on any atom is -0.459 e. The molecule has 0 aromatic rings. The molecule has 0 heterocycles. The molecule has 0 spiro atoms. The zero-order chi connectivity index (χ0) is 30.7. The molecule has 4 N–H and O–H groups in total. The zero-order valence-corrected chi connectivity index (χ0v) is 25.9. The quantitative estimate of drug-likeness (QED) is 0.251. The van der Waals surface area contributed by atoms with E-state index in [2.05, 4.69) is 26.5 Å². The van der Waals surface area contributed by atoms with E-state index in [1.165, 1.54) is 25.5 Å². The molecule has 232 valence electrons. The van der Waals surface area contributed by atoms with Gasteiger partial charge in [-0.1, -0.05) is 39.3 Å². The molecule has 3 saturated carbocycles. The summed E-state index contributed by atoms with van der Waals surface area (Å²) >= 11 is 0. The van der Waals surface area contributed by atoms with Crippen molar-refractivity contribution in [2.75, 3.05) is 0 Å². The summed E-state index contributed by atoms with van der Waals surface area (Å²) in [5.74, 6) is -1.37. The highest BCUT2D eigenvalue weighted by atomic mass is 16.6. The lowest BCUT2D eigenvalue weighted by atomic mass is 9.46. The van der Waals surface area contributed by atoms with Crippen LogP contribution in [0.25, 0.3) is 0 Å². The molecule has 0 bridgehead atoms. The number of aliphatic hydroxyl groups is 4. The standard InChI is InChI=1S/C33H52O8/c1-9-33(39,18(2)3)17-27(37)32(8,38)26-11-10-22-21-16-25(40-19(4)34)28-29(41-20(5)35)24(36)13-15-31(28,7)23(21)12-14-30(22,26)6/h9,16,18,22-29,36-39H,1,10-15,17H2,2-8H3/t22-,23-,24-,25-,26-,27+,28-,29-,30-,31+,32+,33-/m0/s1. The molecular formula is C33H52O8. The summed E-state index contributed by atoms with van der Waals surface area (Å²) in [6, 6.07) is 0. The number of aliphatic hydroxyl groups excluding tert-OH is 2. The first-order chi connectivity index (χ1) is 18.9. The third-order valence-electron chi connectivity index (χ3n) is 12.0. The molecule has 8 nitrogen and oxygen atoms in total. The van der Waals surface area contributed by atoms with E-state index in [-0.39, 0.29) is 46.8 Å². The number of carbonyl (C=O) groups is 2. The van der Waals surface area contributed by atoms with Crippen molar-refractivity contribution in [3.63, 3.8) is 0 Å². The molecule has 0 saturated heterocycles. The van der Waals surface area contributed by atoms with Crippen molar-refractivity contribution in [3.05, 3.63) is 24.3 Å². The first kappa shape index (κ1) is 32.2. The van der Waals surface area contributed by atoms with Crippen molar-refractivity contribution < 1.29 is 39.5 Å². The van der Waals surface area contributed by atoms with Crippen LogP contribution in [0.4, 0.5) is 0 Å².